The molecule has 0 bridgehead atoms. The average molecular weight is 351 g/mol. The van der Waals surface area contributed by atoms with Crippen LogP contribution in [0.3, 0.4) is 0 Å². The highest BCUT2D eigenvalue weighted by Gasteiger charge is 2.44. The largest absolute Gasteiger partial charge is 0.484 e. The van der Waals surface area contributed by atoms with E-state index in [1.165, 1.54) is 24.3 Å². The van der Waals surface area contributed by atoms with Gasteiger partial charge in [-0.3, -0.25) is 4.79 Å². The minimum absolute atomic E-state index is 0.0107. The average Bonchev–Trinajstić information content (AvgIpc) is 2.64. The summed E-state index contributed by atoms with van der Waals surface area (Å²) in [4.78, 5) is 14.3. The molecule has 0 aliphatic carbocycles. The van der Waals surface area contributed by atoms with Crippen LogP contribution in [-0.4, -0.2) is 57.4 Å². The van der Waals surface area contributed by atoms with Gasteiger partial charge in [0.2, 0.25) is 0 Å². The summed E-state index contributed by atoms with van der Waals surface area (Å²) >= 11 is 0. The summed E-state index contributed by atoms with van der Waals surface area (Å²) in [6.07, 6.45) is 2.99. The molecule has 0 radical (unpaired) electrons. The Hall–Kier alpha value is -1.66. The number of halogens is 1. The maximum Gasteiger partial charge on any atom is 0.260 e. The Bertz CT molecular complexity index is 567. The monoisotopic (exact) mass is 351 g/mol. The van der Waals surface area contributed by atoms with Crippen LogP contribution in [0.1, 0.15) is 19.3 Å². The summed E-state index contributed by atoms with van der Waals surface area (Å²) in [6, 6.07) is 5.72. The molecule has 1 spiro atoms. The minimum atomic E-state index is -0.318. The fourth-order valence-corrected chi connectivity index (χ4v) is 3.93. The number of benzene rings is 1. The Morgan fingerprint density at radius 3 is 2.68 bits per heavy atom. The maximum absolute atomic E-state index is 12.9. The summed E-state index contributed by atoms with van der Waals surface area (Å²) in [6.45, 7) is 3.72. The highest BCUT2D eigenvalue weighted by Crippen LogP contribution is 2.44. The SMILES string of the molecule is COC[C@H]1COCCC12CCN(C(=O)COc1ccc(F)cc1)CC2. The van der Waals surface area contributed by atoms with Crippen molar-refractivity contribution in [2.45, 2.75) is 19.3 Å². The van der Waals surface area contributed by atoms with Gasteiger partial charge in [-0.1, -0.05) is 0 Å². The molecule has 5 nitrogen and oxygen atoms in total. The third kappa shape index (κ3) is 4.30. The van der Waals surface area contributed by atoms with Crippen molar-refractivity contribution in [3.05, 3.63) is 30.1 Å². The molecule has 2 aliphatic heterocycles. The molecule has 0 N–H and O–H groups in total. The number of amides is 1. The molecule has 0 saturated carbocycles. The quantitative estimate of drug-likeness (QED) is 0.818. The summed E-state index contributed by atoms with van der Waals surface area (Å²) in [5, 5.41) is 0. The molecule has 3 rings (SSSR count). The van der Waals surface area contributed by atoms with Crippen molar-refractivity contribution in [3.8, 4) is 5.75 Å². The van der Waals surface area contributed by atoms with Crippen LogP contribution >= 0.6 is 0 Å². The van der Waals surface area contributed by atoms with Crippen LogP contribution in [0.4, 0.5) is 4.39 Å². The molecule has 2 saturated heterocycles. The summed E-state index contributed by atoms with van der Waals surface area (Å²) < 4.78 is 29.4. The van der Waals surface area contributed by atoms with Crippen LogP contribution in [-0.2, 0) is 14.3 Å². The third-order valence-electron chi connectivity index (χ3n) is 5.59. The van der Waals surface area contributed by atoms with E-state index in [-0.39, 0.29) is 23.7 Å². The van der Waals surface area contributed by atoms with Crippen molar-refractivity contribution in [1.82, 2.24) is 4.90 Å². The molecule has 138 valence electrons. The van der Waals surface area contributed by atoms with Gasteiger partial charge in [-0.2, -0.15) is 0 Å². The first kappa shape index (κ1) is 18.1. The van der Waals surface area contributed by atoms with Crippen molar-refractivity contribution in [3.63, 3.8) is 0 Å². The first-order valence-electron chi connectivity index (χ1n) is 8.86. The predicted molar refractivity (Wildman–Crippen MR) is 90.9 cm³/mol. The molecular weight excluding hydrogens is 325 g/mol. The van der Waals surface area contributed by atoms with Gasteiger partial charge in [0.1, 0.15) is 11.6 Å². The molecule has 0 aromatic heterocycles. The molecule has 0 unspecified atom stereocenters. The fraction of sp³-hybridized carbons (Fsp3) is 0.632. The molecule has 2 heterocycles. The van der Waals surface area contributed by atoms with E-state index in [0.29, 0.717) is 18.3 Å². The number of ether oxygens (including phenoxy) is 3. The first-order chi connectivity index (χ1) is 12.1. The summed E-state index contributed by atoms with van der Waals surface area (Å²) in [7, 11) is 1.73. The predicted octanol–water partition coefficient (Wildman–Crippen LogP) is 2.50. The van der Waals surface area contributed by atoms with Gasteiger partial charge in [0.05, 0.1) is 13.2 Å². The number of methoxy groups -OCH3 is 1. The zero-order valence-electron chi connectivity index (χ0n) is 14.7. The Kier molecular flexibility index (Phi) is 5.91. The van der Waals surface area contributed by atoms with Crippen LogP contribution in [0.25, 0.3) is 0 Å². The van der Waals surface area contributed by atoms with Crippen molar-refractivity contribution in [2.75, 3.05) is 46.6 Å². The summed E-state index contributed by atoms with van der Waals surface area (Å²) in [5.74, 6) is 0.573. The number of nitrogens with zero attached hydrogens (tertiary/aromatic N) is 1. The number of hydrogen-bond donors (Lipinski definition) is 0. The minimum Gasteiger partial charge on any atom is -0.484 e. The standard InChI is InChI=1S/C19H26FNO4/c1-23-12-15-13-24-11-8-19(15)6-9-21(10-7-19)18(22)14-25-17-4-2-16(20)3-5-17/h2-5,15H,6-14H2,1H3/t15-/m0/s1. The van der Waals surface area contributed by atoms with Gasteiger partial charge in [0.25, 0.3) is 5.91 Å². The molecule has 6 heteroatoms. The second kappa shape index (κ2) is 8.15. The van der Waals surface area contributed by atoms with Gasteiger partial charge in [-0.15, -0.1) is 0 Å². The molecule has 2 fully saturated rings. The van der Waals surface area contributed by atoms with E-state index < -0.39 is 0 Å². The Balaban J connectivity index is 1.50. The maximum atomic E-state index is 12.9. The van der Waals surface area contributed by atoms with Gasteiger partial charge >= 0.3 is 0 Å². The Labute approximate surface area is 148 Å². The van der Waals surface area contributed by atoms with E-state index in [0.717, 1.165) is 45.6 Å². The van der Waals surface area contributed by atoms with Gasteiger partial charge in [0.15, 0.2) is 6.61 Å². The van der Waals surface area contributed by atoms with E-state index >= 15 is 0 Å². The molecular formula is C19H26FNO4. The lowest BCUT2D eigenvalue weighted by molar-refractivity contribution is -0.140. The van der Waals surface area contributed by atoms with Crippen LogP contribution in [0.15, 0.2) is 24.3 Å². The molecule has 25 heavy (non-hydrogen) atoms. The van der Waals surface area contributed by atoms with Crippen molar-refractivity contribution in [2.24, 2.45) is 11.3 Å². The first-order valence-corrected chi connectivity index (χ1v) is 8.86. The molecule has 1 aromatic rings. The van der Waals surface area contributed by atoms with Crippen LogP contribution < -0.4 is 4.74 Å². The van der Waals surface area contributed by atoms with E-state index in [9.17, 15) is 9.18 Å². The second-order valence-electron chi connectivity index (χ2n) is 6.96. The lowest BCUT2D eigenvalue weighted by atomic mass is 9.66. The molecule has 2 aliphatic rings. The van der Waals surface area contributed by atoms with E-state index in [1.54, 1.807) is 7.11 Å². The Morgan fingerprint density at radius 1 is 1.28 bits per heavy atom. The topological polar surface area (TPSA) is 48.0 Å². The van der Waals surface area contributed by atoms with Crippen molar-refractivity contribution >= 4 is 5.91 Å². The highest BCUT2D eigenvalue weighted by atomic mass is 19.1. The second-order valence-corrected chi connectivity index (χ2v) is 6.96. The number of likely N-dealkylation sites (tertiary alicyclic amines) is 1. The highest BCUT2D eigenvalue weighted by molar-refractivity contribution is 5.77. The van der Waals surface area contributed by atoms with Crippen molar-refractivity contribution in [1.29, 1.82) is 0 Å². The zero-order chi connectivity index (χ0) is 17.7. The normalized spacial score (nSPS) is 22.8. The smallest absolute Gasteiger partial charge is 0.260 e. The van der Waals surface area contributed by atoms with Gasteiger partial charge in [-0.05, 0) is 48.9 Å². The third-order valence-corrected chi connectivity index (χ3v) is 5.59. The zero-order valence-corrected chi connectivity index (χ0v) is 14.7. The van der Waals surface area contributed by atoms with Gasteiger partial charge in [-0.25, -0.2) is 4.39 Å². The van der Waals surface area contributed by atoms with Crippen LogP contribution in [0.5, 0.6) is 5.75 Å². The van der Waals surface area contributed by atoms with Crippen LogP contribution in [0, 0.1) is 17.2 Å². The number of rotatable bonds is 5. The number of carbonyl (C=O) groups excluding carboxylic acids is 1. The number of piperidine rings is 1. The molecule has 1 aromatic carbocycles. The van der Waals surface area contributed by atoms with E-state index in [2.05, 4.69) is 0 Å². The van der Waals surface area contributed by atoms with E-state index in [1.807, 2.05) is 4.90 Å². The van der Waals surface area contributed by atoms with Crippen LogP contribution in [0.2, 0.25) is 0 Å². The molecule has 1 amide bonds. The molecule has 1 atom stereocenters. The summed E-state index contributed by atoms with van der Waals surface area (Å²) in [5.41, 5.74) is 0.225. The van der Waals surface area contributed by atoms with Crippen molar-refractivity contribution < 1.29 is 23.4 Å². The fourth-order valence-electron chi connectivity index (χ4n) is 3.93. The number of hydrogen-bond acceptors (Lipinski definition) is 4. The van der Waals surface area contributed by atoms with Gasteiger partial charge in [0, 0.05) is 32.7 Å². The Morgan fingerprint density at radius 2 is 2.00 bits per heavy atom. The lowest BCUT2D eigenvalue weighted by Gasteiger charge is -2.48. The van der Waals surface area contributed by atoms with Gasteiger partial charge < -0.3 is 19.1 Å². The van der Waals surface area contributed by atoms with E-state index in [4.69, 9.17) is 14.2 Å². The lowest BCUT2D eigenvalue weighted by Crippen LogP contribution is -2.51. The number of carbonyl (C=O) groups is 1.